The van der Waals surface area contributed by atoms with Gasteiger partial charge in [0.05, 0.1) is 6.04 Å². The van der Waals surface area contributed by atoms with Crippen LogP contribution in [0.4, 0.5) is 0 Å². The smallest absolute Gasteiger partial charge is 0.349 e. The molecule has 0 saturated carbocycles. The number of fused-ring (bicyclic) bond motifs is 2. The molecule has 0 spiro atoms. The van der Waals surface area contributed by atoms with Crippen molar-refractivity contribution in [3.05, 3.63) is 81.7 Å². The van der Waals surface area contributed by atoms with E-state index in [4.69, 9.17) is 4.42 Å². The maximum atomic E-state index is 12.9. The van der Waals surface area contributed by atoms with Crippen molar-refractivity contribution in [2.24, 2.45) is 0 Å². The van der Waals surface area contributed by atoms with Crippen molar-refractivity contribution in [3.8, 4) is 0 Å². The van der Waals surface area contributed by atoms with E-state index in [1.165, 1.54) is 11.1 Å². The topological polar surface area (TPSA) is 50.5 Å². The highest BCUT2D eigenvalue weighted by molar-refractivity contribution is 5.96. The van der Waals surface area contributed by atoms with Gasteiger partial charge in [-0.05, 0) is 36.1 Å². The molecule has 0 aliphatic heterocycles. The van der Waals surface area contributed by atoms with E-state index < -0.39 is 5.63 Å². The summed E-state index contributed by atoms with van der Waals surface area (Å²) in [4.78, 5) is 26.8. The zero-order chi connectivity index (χ0) is 16.7. The Bertz CT molecular complexity index is 989. The standard InChI is InChI=1S/C20H17NO3/c1-21(17-11-10-13-6-2-4-8-15(13)17)19(22)16-12-14-7-3-5-9-18(14)24-20(16)23/h2-9,12,17H,10-11H2,1H3. The summed E-state index contributed by atoms with van der Waals surface area (Å²) in [7, 11) is 1.75. The van der Waals surface area contributed by atoms with Gasteiger partial charge in [-0.15, -0.1) is 0 Å². The molecule has 0 saturated heterocycles. The van der Waals surface area contributed by atoms with Crippen LogP contribution >= 0.6 is 0 Å². The summed E-state index contributed by atoms with van der Waals surface area (Å²) in [6.45, 7) is 0. The summed E-state index contributed by atoms with van der Waals surface area (Å²) in [5, 5.41) is 0.751. The zero-order valence-electron chi connectivity index (χ0n) is 13.4. The molecule has 0 N–H and O–H groups in total. The Morgan fingerprint density at radius 2 is 1.88 bits per heavy atom. The first kappa shape index (κ1) is 14.7. The van der Waals surface area contributed by atoms with Gasteiger partial charge in [-0.1, -0.05) is 42.5 Å². The molecule has 1 aliphatic rings. The van der Waals surface area contributed by atoms with Gasteiger partial charge in [0, 0.05) is 12.4 Å². The molecule has 1 heterocycles. The molecule has 1 atom stereocenters. The van der Waals surface area contributed by atoms with Crippen LogP contribution in [0.15, 0.2) is 63.8 Å². The number of nitrogens with zero attached hydrogens (tertiary/aromatic N) is 1. The summed E-state index contributed by atoms with van der Waals surface area (Å²) in [5.74, 6) is -0.295. The number of hydrogen-bond donors (Lipinski definition) is 0. The minimum Gasteiger partial charge on any atom is -0.422 e. The lowest BCUT2D eigenvalue weighted by Crippen LogP contribution is -2.33. The van der Waals surface area contributed by atoms with Crippen LogP contribution in [-0.4, -0.2) is 17.9 Å². The van der Waals surface area contributed by atoms with Crippen molar-refractivity contribution in [2.75, 3.05) is 7.05 Å². The van der Waals surface area contributed by atoms with E-state index in [0.717, 1.165) is 18.2 Å². The van der Waals surface area contributed by atoms with Gasteiger partial charge in [-0.2, -0.15) is 0 Å². The molecule has 2 aromatic carbocycles. The highest BCUT2D eigenvalue weighted by Crippen LogP contribution is 2.35. The van der Waals surface area contributed by atoms with Crippen LogP contribution in [0.25, 0.3) is 11.0 Å². The first-order chi connectivity index (χ1) is 11.6. The Labute approximate surface area is 139 Å². The normalized spacial score (nSPS) is 16.1. The lowest BCUT2D eigenvalue weighted by molar-refractivity contribution is 0.0726. The third-order valence-corrected chi connectivity index (χ3v) is 4.76. The predicted octanol–water partition coefficient (Wildman–Crippen LogP) is 3.55. The van der Waals surface area contributed by atoms with Crippen LogP contribution in [0.5, 0.6) is 0 Å². The second kappa shape index (κ2) is 5.64. The number of para-hydroxylation sites is 1. The van der Waals surface area contributed by atoms with Crippen molar-refractivity contribution in [3.63, 3.8) is 0 Å². The number of hydrogen-bond acceptors (Lipinski definition) is 3. The van der Waals surface area contributed by atoms with Crippen LogP contribution < -0.4 is 5.63 Å². The molecule has 1 unspecified atom stereocenters. The minimum absolute atomic E-state index is 0.000398. The lowest BCUT2D eigenvalue weighted by atomic mass is 10.1. The van der Waals surface area contributed by atoms with Gasteiger partial charge < -0.3 is 9.32 Å². The second-order valence-electron chi connectivity index (χ2n) is 6.15. The Kier molecular flexibility index (Phi) is 3.45. The Morgan fingerprint density at radius 1 is 1.12 bits per heavy atom. The zero-order valence-corrected chi connectivity index (χ0v) is 13.4. The maximum Gasteiger partial charge on any atom is 0.349 e. The molecule has 1 amide bonds. The highest BCUT2D eigenvalue weighted by atomic mass is 16.4. The van der Waals surface area contributed by atoms with E-state index >= 15 is 0 Å². The van der Waals surface area contributed by atoms with Crippen molar-refractivity contribution < 1.29 is 9.21 Å². The lowest BCUT2D eigenvalue weighted by Gasteiger charge is -2.25. The van der Waals surface area contributed by atoms with Crippen molar-refractivity contribution in [1.82, 2.24) is 4.90 Å². The summed E-state index contributed by atoms with van der Waals surface area (Å²) in [5.41, 5.74) is 2.43. The molecule has 1 aromatic heterocycles. The molecule has 1 aliphatic carbocycles. The number of carbonyl (C=O) groups is 1. The average Bonchev–Trinajstić information content (AvgIpc) is 3.04. The minimum atomic E-state index is -0.586. The van der Waals surface area contributed by atoms with Crippen molar-refractivity contribution >= 4 is 16.9 Å². The molecular weight excluding hydrogens is 302 g/mol. The molecular formula is C20H17NO3. The first-order valence-electron chi connectivity index (χ1n) is 8.03. The molecule has 4 nitrogen and oxygen atoms in total. The fourth-order valence-corrected chi connectivity index (χ4v) is 3.48. The summed E-state index contributed by atoms with van der Waals surface area (Å²) >= 11 is 0. The van der Waals surface area contributed by atoms with Crippen LogP contribution in [0.2, 0.25) is 0 Å². The summed E-state index contributed by atoms with van der Waals surface area (Å²) in [6.07, 6.45) is 1.82. The largest absolute Gasteiger partial charge is 0.422 e. The third-order valence-electron chi connectivity index (χ3n) is 4.76. The van der Waals surface area contributed by atoms with Crippen molar-refractivity contribution in [2.45, 2.75) is 18.9 Å². The number of carbonyl (C=O) groups excluding carboxylic acids is 1. The molecule has 4 rings (SSSR count). The molecule has 3 aromatic rings. The molecule has 0 bridgehead atoms. The number of amides is 1. The van der Waals surface area contributed by atoms with Gasteiger partial charge in [-0.25, -0.2) is 4.79 Å². The maximum absolute atomic E-state index is 12.9. The number of rotatable bonds is 2. The van der Waals surface area contributed by atoms with Gasteiger partial charge in [0.2, 0.25) is 0 Å². The predicted molar refractivity (Wildman–Crippen MR) is 92.1 cm³/mol. The van der Waals surface area contributed by atoms with E-state index in [1.807, 2.05) is 24.3 Å². The Balaban J connectivity index is 1.72. The van der Waals surface area contributed by atoms with Crippen LogP contribution in [0.3, 0.4) is 0 Å². The molecule has 24 heavy (non-hydrogen) atoms. The van der Waals surface area contributed by atoms with Gasteiger partial charge in [0.15, 0.2) is 0 Å². The van der Waals surface area contributed by atoms with Gasteiger partial charge in [0.25, 0.3) is 5.91 Å². The van der Waals surface area contributed by atoms with Crippen LogP contribution in [0, 0.1) is 0 Å². The van der Waals surface area contributed by atoms with E-state index in [2.05, 4.69) is 12.1 Å². The number of benzene rings is 2. The van der Waals surface area contributed by atoms with E-state index in [0.29, 0.717) is 5.58 Å². The van der Waals surface area contributed by atoms with Crippen molar-refractivity contribution in [1.29, 1.82) is 0 Å². The quantitative estimate of drug-likeness (QED) is 0.679. The summed E-state index contributed by atoms with van der Waals surface area (Å²) in [6, 6.07) is 17.0. The fraction of sp³-hybridized carbons (Fsp3) is 0.200. The first-order valence-corrected chi connectivity index (χ1v) is 8.03. The van der Waals surface area contributed by atoms with Gasteiger partial charge in [-0.3, -0.25) is 4.79 Å². The van der Waals surface area contributed by atoms with Crippen LogP contribution in [-0.2, 0) is 6.42 Å². The molecule has 0 radical (unpaired) electrons. The third kappa shape index (κ3) is 2.31. The Hall–Kier alpha value is -2.88. The highest BCUT2D eigenvalue weighted by Gasteiger charge is 2.30. The summed E-state index contributed by atoms with van der Waals surface area (Å²) < 4.78 is 5.29. The SMILES string of the molecule is CN(C(=O)c1cc2ccccc2oc1=O)C1CCc2ccccc21. The average molecular weight is 319 g/mol. The van der Waals surface area contributed by atoms with E-state index in [1.54, 1.807) is 30.1 Å². The molecule has 0 fully saturated rings. The fourth-order valence-electron chi connectivity index (χ4n) is 3.48. The van der Waals surface area contributed by atoms with Gasteiger partial charge >= 0.3 is 5.63 Å². The Morgan fingerprint density at radius 3 is 2.75 bits per heavy atom. The van der Waals surface area contributed by atoms with Gasteiger partial charge in [0.1, 0.15) is 11.1 Å². The van der Waals surface area contributed by atoms with Crippen LogP contribution in [0.1, 0.15) is 33.9 Å². The molecule has 4 heteroatoms. The number of aryl methyl sites for hydroxylation is 1. The molecule has 120 valence electrons. The second-order valence-corrected chi connectivity index (χ2v) is 6.15. The monoisotopic (exact) mass is 319 g/mol. The van der Waals surface area contributed by atoms with E-state index in [9.17, 15) is 9.59 Å². The van der Waals surface area contributed by atoms with E-state index in [-0.39, 0.29) is 17.5 Å².